The molecule has 0 fully saturated rings. The minimum atomic E-state index is -0.535. The third-order valence-corrected chi connectivity index (χ3v) is 4.82. The van der Waals surface area contributed by atoms with Gasteiger partial charge in [-0.15, -0.1) is 0 Å². The number of anilines is 1. The van der Waals surface area contributed by atoms with E-state index in [1.54, 1.807) is 47.8 Å². The van der Waals surface area contributed by atoms with E-state index in [0.717, 1.165) is 22.8 Å². The summed E-state index contributed by atoms with van der Waals surface area (Å²) < 4.78 is 8.15. The standard InChI is InChI=1S/C15H14N4O3S/c1-18-14(9-7-23-8-10(9)17-18)16-13(20)6-19-11-4-2-3-5-12(11)22-15(19)21/h2-5H,6-8H2,1H3,(H,16,20). The van der Waals surface area contributed by atoms with Gasteiger partial charge in [0.25, 0.3) is 0 Å². The Hall–Kier alpha value is -2.48. The second-order valence-electron chi connectivity index (χ2n) is 5.36. The van der Waals surface area contributed by atoms with Gasteiger partial charge in [0.1, 0.15) is 12.4 Å². The number of hydrogen-bond donors (Lipinski definition) is 1. The molecule has 0 spiro atoms. The Morgan fingerprint density at radius 3 is 3.09 bits per heavy atom. The molecule has 4 rings (SSSR count). The summed E-state index contributed by atoms with van der Waals surface area (Å²) in [7, 11) is 1.80. The van der Waals surface area contributed by atoms with Gasteiger partial charge in [0.2, 0.25) is 5.91 Å². The van der Waals surface area contributed by atoms with E-state index in [1.165, 1.54) is 4.57 Å². The Morgan fingerprint density at radius 1 is 1.39 bits per heavy atom. The maximum absolute atomic E-state index is 12.4. The minimum Gasteiger partial charge on any atom is -0.408 e. The fourth-order valence-electron chi connectivity index (χ4n) is 2.78. The van der Waals surface area contributed by atoms with Crippen LogP contribution in [0.5, 0.6) is 0 Å². The van der Waals surface area contributed by atoms with E-state index in [0.29, 0.717) is 16.9 Å². The van der Waals surface area contributed by atoms with E-state index in [-0.39, 0.29) is 12.5 Å². The number of rotatable bonds is 3. The van der Waals surface area contributed by atoms with Crippen LogP contribution in [0.25, 0.3) is 11.1 Å². The summed E-state index contributed by atoms with van der Waals surface area (Å²) in [5.74, 6) is 1.60. The predicted molar refractivity (Wildman–Crippen MR) is 87.3 cm³/mol. The molecule has 3 aromatic rings. The lowest BCUT2D eigenvalue weighted by atomic mass is 10.3. The Bertz CT molecular complexity index is 969. The van der Waals surface area contributed by atoms with E-state index in [2.05, 4.69) is 10.4 Å². The molecule has 3 heterocycles. The van der Waals surface area contributed by atoms with Crippen LogP contribution in [0.1, 0.15) is 11.3 Å². The Balaban J connectivity index is 1.61. The number of carbonyl (C=O) groups is 1. The van der Waals surface area contributed by atoms with Gasteiger partial charge in [0.15, 0.2) is 5.58 Å². The van der Waals surface area contributed by atoms with Crippen LogP contribution in [0.4, 0.5) is 5.82 Å². The summed E-state index contributed by atoms with van der Waals surface area (Å²) in [5.41, 5.74) is 3.16. The number of thioether (sulfide) groups is 1. The van der Waals surface area contributed by atoms with Crippen molar-refractivity contribution in [3.8, 4) is 0 Å². The second kappa shape index (κ2) is 5.31. The number of nitrogens with one attached hydrogen (secondary N) is 1. The summed E-state index contributed by atoms with van der Waals surface area (Å²) in [4.78, 5) is 24.3. The molecule has 2 aromatic heterocycles. The summed E-state index contributed by atoms with van der Waals surface area (Å²) >= 11 is 1.77. The largest absolute Gasteiger partial charge is 0.420 e. The zero-order valence-electron chi connectivity index (χ0n) is 12.4. The van der Waals surface area contributed by atoms with Gasteiger partial charge in [-0.1, -0.05) is 12.1 Å². The van der Waals surface area contributed by atoms with Crippen LogP contribution in [0.15, 0.2) is 33.5 Å². The number of carbonyl (C=O) groups excluding carboxylic acids is 1. The summed E-state index contributed by atoms with van der Waals surface area (Å²) in [6, 6.07) is 7.05. The monoisotopic (exact) mass is 330 g/mol. The van der Waals surface area contributed by atoms with Crippen molar-refractivity contribution in [3.63, 3.8) is 0 Å². The molecule has 0 aliphatic carbocycles. The van der Waals surface area contributed by atoms with E-state index in [1.807, 2.05) is 0 Å². The highest BCUT2D eigenvalue weighted by Crippen LogP contribution is 2.34. The molecule has 0 saturated carbocycles. The first-order valence-corrected chi connectivity index (χ1v) is 8.29. The number of benzene rings is 1. The summed E-state index contributed by atoms with van der Waals surface area (Å²) in [6.45, 7) is -0.0943. The van der Waals surface area contributed by atoms with Gasteiger partial charge in [-0.25, -0.2) is 4.79 Å². The highest BCUT2D eigenvalue weighted by molar-refractivity contribution is 7.98. The van der Waals surface area contributed by atoms with Crippen molar-refractivity contribution in [2.24, 2.45) is 7.05 Å². The maximum Gasteiger partial charge on any atom is 0.420 e. The molecule has 118 valence electrons. The Labute approximate surface area is 135 Å². The van der Waals surface area contributed by atoms with Crippen molar-refractivity contribution in [2.75, 3.05) is 5.32 Å². The highest BCUT2D eigenvalue weighted by Gasteiger charge is 2.23. The van der Waals surface area contributed by atoms with Gasteiger partial charge in [-0.2, -0.15) is 16.9 Å². The van der Waals surface area contributed by atoms with Gasteiger partial charge in [-0.3, -0.25) is 14.0 Å². The van der Waals surface area contributed by atoms with Crippen LogP contribution in [0.3, 0.4) is 0 Å². The van der Waals surface area contributed by atoms with Crippen LogP contribution in [0, 0.1) is 0 Å². The minimum absolute atomic E-state index is 0.0943. The molecule has 1 amide bonds. The SMILES string of the molecule is Cn1nc2c(c1NC(=O)Cn1c(=O)oc3ccccc31)CSC2. The molecule has 1 aromatic carbocycles. The third-order valence-electron chi connectivity index (χ3n) is 3.85. The first-order valence-electron chi connectivity index (χ1n) is 7.14. The summed E-state index contributed by atoms with van der Waals surface area (Å²) in [6.07, 6.45) is 0. The molecule has 8 heteroatoms. The summed E-state index contributed by atoms with van der Waals surface area (Å²) in [5, 5.41) is 7.27. The van der Waals surface area contributed by atoms with Gasteiger partial charge < -0.3 is 9.73 Å². The Morgan fingerprint density at radius 2 is 2.22 bits per heavy atom. The van der Waals surface area contributed by atoms with Crippen molar-refractivity contribution in [2.45, 2.75) is 18.1 Å². The van der Waals surface area contributed by atoms with E-state index in [4.69, 9.17) is 4.42 Å². The Kier molecular flexibility index (Phi) is 3.26. The van der Waals surface area contributed by atoms with Gasteiger partial charge >= 0.3 is 5.76 Å². The van der Waals surface area contributed by atoms with Gasteiger partial charge in [0, 0.05) is 24.1 Å². The third kappa shape index (κ3) is 2.35. The second-order valence-corrected chi connectivity index (χ2v) is 6.35. The fourth-order valence-corrected chi connectivity index (χ4v) is 3.81. The fraction of sp³-hybridized carbons (Fsp3) is 0.267. The molecule has 0 saturated heterocycles. The molecule has 0 bridgehead atoms. The van der Waals surface area contributed by atoms with Crippen molar-refractivity contribution in [3.05, 3.63) is 46.1 Å². The number of hydrogen-bond acceptors (Lipinski definition) is 5. The lowest BCUT2D eigenvalue weighted by Crippen LogP contribution is -2.25. The first-order chi connectivity index (χ1) is 11.1. The molecular formula is C15H14N4O3S. The molecule has 23 heavy (non-hydrogen) atoms. The predicted octanol–water partition coefficient (Wildman–Crippen LogP) is 1.71. The van der Waals surface area contributed by atoms with Gasteiger partial charge in [-0.05, 0) is 12.1 Å². The topological polar surface area (TPSA) is 82.1 Å². The maximum atomic E-state index is 12.4. The molecule has 0 atom stereocenters. The smallest absolute Gasteiger partial charge is 0.408 e. The molecule has 1 aliphatic rings. The van der Waals surface area contributed by atoms with Gasteiger partial charge in [0.05, 0.1) is 11.2 Å². The number of oxazole rings is 1. The number of para-hydroxylation sites is 2. The normalized spacial score (nSPS) is 13.4. The molecule has 1 N–H and O–H groups in total. The lowest BCUT2D eigenvalue weighted by Gasteiger charge is -2.08. The average molecular weight is 330 g/mol. The molecular weight excluding hydrogens is 316 g/mol. The molecule has 7 nitrogen and oxygen atoms in total. The number of nitrogens with zero attached hydrogens (tertiary/aromatic N) is 3. The van der Waals surface area contributed by atoms with Crippen molar-refractivity contribution in [1.29, 1.82) is 0 Å². The lowest BCUT2D eigenvalue weighted by molar-refractivity contribution is -0.116. The number of aromatic nitrogens is 3. The van der Waals surface area contributed by atoms with Crippen molar-refractivity contribution >= 4 is 34.6 Å². The average Bonchev–Trinajstić information content (AvgIpc) is 3.17. The van der Waals surface area contributed by atoms with E-state index < -0.39 is 5.76 Å². The molecule has 0 radical (unpaired) electrons. The number of amides is 1. The first kappa shape index (κ1) is 14.1. The zero-order chi connectivity index (χ0) is 16.0. The molecule has 0 unspecified atom stereocenters. The number of fused-ring (bicyclic) bond motifs is 2. The van der Waals surface area contributed by atoms with Crippen LogP contribution < -0.4 is 11.1 Å². The van der Waals surface area contributed by atoms with Crippen molar-refractivity contribution in [1.82, 2.24) is 14.3 Å². The molecule has 1 aliphatic heterocycles. The number of aryl methyl sites for hydroxylation is 1. The van der Waals surface area contributed by atoms with Crippen LogP contribution >= 0.6 is 11.8 Å². The van der Waals surface area contributed by atoms with Crippen molar-refractivity contribution < 1.29 is 9.21 Å². The van der Waals surface area contributed by atoms with E-state index in [9.17, 15) is 9.59 Å². The van der Waals surface area contributed by atoms with Crippen LogP contribution in [-0.2, 0) is 29.9 Å². The van der Waals surface area contributed by atoms with Crippen LogP contribution in [-0.4, -0.2) is 20.3 Å². The quantitative estimate of drug-likeness (QED) is 0.790. The zero-order valence-corrected chi connectivity index (χ0v) is 13.2. The van der Waals surface area contributed by atoms with Crippen LogP contribution in [0.2, 0.25) is 0 Å². The highest BCUT2D eigenvalue weighted by atomic mass is 32.2. The van der Waals surface area contributed by atoms with E-state index >= 15 is 0 Å².